The van der Waals surface area contributed by atoms with E-state index in [4.69, 9.17) is 15.2 Å². The summed E-state index contributed by atoms with van der Waals surface area (Å²) < 4.78 is 10.7. The molecule has 0 aromatic heterocycles. The van der Waals surface area contributed by atoms with Gasteiger partial charge in [-0.2, -0.15) is 0 Å². The van der Waals surface area contributed by atoms with E-state index < -0.39 is 6.04 Å². The Morgan fingerprint density at radius 2 is 1.68 bits per heavy atom. The molecule has 2 fully saturated rings. The van der Waals surface area contributed by atoms with E-state index in [1.807, 2.05) is 0 Å². The fourth-order valence-electron chi connectivity index (χ4n) is 3.38. The molecule has 2 aliphatic rings. The van der Waals surface area contributed by atoms with Crippen molar-refractivity contribution >= 4 is 5.91 Å². The van der Waals surface area contributed by atoms with Crippen molar-refractivity contribution in [2.45, 2.75) is 32.0 Å². The maximum atomic E-state index is 12.2. The summed E-state index contributed by atoms with van der Waals surface area (Å²) in [7, 11) is 0. The zero-order valence-corrected chi connectivity index (χ0v) is 14.8. The lowest BCUT2D eigenvalue weighted by Gasteiger charge is -2.27. The standard InChI is InChI=1S/C19H29N3O3/c20-18(17-5-9-24-10-6-17)19(23)21-13-15-1-3-16(4-2-15)14-22-7-11-25-12-8-22/h1-4,17-18H,5-14,20H2,(H,21,23). The van der Waals surface area contributed by atoms with Crippen molar-refractivity contribution in [3.63, 3.8) is 0 Å². The van der Waals surface area contributed by atoms with Crippen LogP contribution in [0.15, 0.2) is 24.3 Å². The highest BCUT2D eigenvalue weighted by atomic mass is 16.5. The Bertz CT molecular complexity index is 537. The van der Waals surface area contributed by atoms with Crippen LogP contribution in [0.3, 0.4) is 0 Å². The molecule has 1 atom stereocenters. The fourth-order valence-corrected chi connectivity index (χ4v) is 3.38. The summed E-state index contributed by atoms with van der Waals surface area (Å²) in [6.07, 6.45) is 1.73. The number of amides is 1. The third-order valence-corrected chi connectivity index (χ3v) is 5.08. The van der Waals surface area contributed by atoms with Gasteiger partial charge in [0.25, 0.3) is 0 Å². The van der Waals surface area contributed by atoms with Gasteiger partial charge in [0.05, 0.1) is 19.3 Å². The number of nitrogens with zero attached hydrogens (tertiary/aromatic N) is 1. The van der Waals surface area contributed by atoms with Crippen molar-refractivity contribution in [1.29, 1.82) is 0 Å². The van der Waals surface area contributed by atoms with Gasteiger partial charge in [-0.15, -0.1) is 0 Å². The van der Waals surface area contributed by atoms with Crippen LogP contribution in [0, 0.1) is 5.92 Å². The summed E-state index contributed by atoms with van der Waals surface area (Å²) in [5.74, 6) is 0.161. The van der Waals surface area contributed by atoms with Crippen LogP contribution in [-0.4, -0.2) is 56.4 Å². The van der Waals surface area contributed by atoms with Crippen molar-refractivity contribution in [3.05, 3.63) is 35.4 Å². The predicted molar refractivity (Wildman–Crippen MR) is 95.9 cm³/mol. The maximum absolute atomic E-state index is 12.2. The monoisotopic (exact) mass is 347 g/mol. The number of carbonyl (C=O) groups is 1. The molecule has 0 bridgehead atoms. The first-order valence-electron chi connectivity index (χ1n) is 9.21. The first-order chi connectivity index (χ1) is 12.2. The van der Waals surface area contributed by atoms with Crippen LogP contribution in [0.2, 0.25) is 0 Å². The minimum atomic E-state index is -0.440. The Hall–Kier alpha value is -1.47. The largest absolute Gasteiger partial charge is 0.381 e. The molecule has 1 aromatic carbocycles. The van der Waals surface area contributed by atoms with Crippen molar-refractivity contribution in [2.75, 3.05) is 39.5 Å². The number of rotatable bonds is 6. The maximum Gasteiger partial charge on any atom is 0.237 e. The molecule has 0 saturated carbocycles. The van der Waals surface area contributed by atoms with E-state index in [9.17, 15) is 4.79 Å². The van der Waals surface area contributed by atoms with Crippen LogP contribution < -0.4 is 11.1 Å². The highest BCUT2D eigenvalue weighted by molar-refractivity contribution is 5.81. The van der Waals surface area contributed by atoms with Crippen molar-refractivity contribution in [2.24, 2.45) is 11.7 Å². The fraction of sp³-hybridized carbons (Fsp3) is 0.632. The van der Waals surface area contributed by atoms with Gasteiger partial charge in [0.15, 0.2) is 0 Å². The summed E-state index contributed by atoms with van der Waals surface area (Å²) in [5, 5.41) is 2.97. The van der Waals surface area contributed by atoms with Crippen LogP contribution in [0.4, 0.5) is 0 Å². The van der Waals surface area contributed by atoms with Crippen LogP contribution in [-0.2, 0) is 27.4 Å². The number of benzene rings is 1. The van der Waals surface area contributed by atoms with E-state index in [-0.39, 0.29) is 11.8 Å². The van der Waals surface area contributed by atoms with Gasteiger partial charge in [0.2, 0.25) is 5.91 Å². The third-order valence-electron chi connectivity index (χ3n) is 5.08. The summed E-state index contributed by atoms with van der Waals surface area (Å²) in [4.78, 5) is 14.6. The van der Waals surface area contributed by atoms with Crippen LogP contribution >= 0.6 is 0 Å². The number of hydrogen-bond donors (Lipinski definition) is 2. The molecule has 6 nitrogen and oxygen atoms in total. The minimum absolute atomic E-state index is 0.0655. The second-order valence-corrected chi connectivity index (χ2v) is 6.90. The van der Waals surface area contributed by atoms with Crippen molar-refractivity contribution < 1.29 is 14.3 Å². The predicted octanol–water partition coefficient (Wildman–Crippen LogP) is 0.889. The Labute approximate surface area is 149 Å². The molecule has 25 heavy (non-hydrogen) atoms. The van der Waals surface area contributed by atoms with E-state index in [1.54, 1.807) is 0 Å². The van der Waals surface area contributed by atoms with E-state index in [0.29, 0.717) is 19.8 Å². The van der Waals surface area contributed by atoms with Crippen LogP contribution in [0.25, 0.3) is 0 Å². The molecule has 1 unspecified atom stereocenters. The molecule has 3 N–H and O–H groups in total. The minimum Gasteiger partial charge on any atom is -0.381 e. The van der Waals surface area contributed by atoms with E-state index in [0.717, 1.165) is 51.3 Å². The average molecular weight is 347 g/mol. The quantitative estimate of drug-likeness (QED) is 0.799. The molecular weight excluding hydrogens is 318 g/mol. The van der Waals surface area contributed by atoms with Gasteiger partial charge in [-0.3, -0.25) is 9.69 Å². The zero-order chi connectivity index (χ0) is 17.5. The van der Waals surface area contributed by atoms with Gasteiger partial charge in [0, 0.05) is 39.4 Å². The highest BCUT2D eigenvalue weighted by Crippen LogP contribution is 2.17. The van der Waals surface area contributed by atoms with Gasteiger partial charge >= 0.3 is 0 Å². The van der Waals surface area contributed by atoms with Crippen molar-refractivity contribution in [3.8, 4) is 0 Å². The van der Waals surface area contributed by atoms with Crippen molar-refractivity contribution in [1.82, 2.24) is 10.2 Å². The molecule has 0 spiro atoms. The second-order valence-electron chi connectivity index (χ2n) is 6.90. The molecule has 0 radical (unpaired) electrons. The number of hydrogen-bond acceptors (Lipinski definition) is 5. The lowest BCUT2D eigenvalue weighted by molar-refractivity contribution is -0.124. The molecule has 138 valence electrons. The average Bonchev–Trinajstić information content (AvgIpc) is 2.68. The number of nitrogens with one attached hydrogen (secondary N) is 1. The molecule has 2 heterocycles. The second kappa shape index (κ2) is 9.29. The summed E-state index contributed by atoms with van der Waals surface area (Å²) >= 11 is 0. The lowest BCUT2D eigenvalue weighted by Crippen LogP contribution is -2.46. The summed E-state index contributed by atoms with van der Waals surface area (Å²) in [6.45, 7) is 6.49. The van der Waals surface area contributed by atoms with Crippen LogP contribution in [0.1, 0.15) is 24.0 Å². The molecule has 2 saturated heterocycles. The molecule has 3 rings (SSSR count). The molecule has 1 aromatic rings. The van der Waals surface area contributed by atoms with Gasteiger partial charge in [-0.05, 0) is 29.9 Å². The molecular formula is C19H29N3O3. The summed E-state index contributed by atoms with van der Waals surface area (Å²) in [5.41, 5.74) is 8.48. The first-order valence-corrected chi connectivity index (χ1v) is 9.21. The molecule has 6 heteroatoms. The third kappa shape index (κ3) is 5.51. The number of carbonyl (C=O) groups excluding carboxylic acids is 1. The highest BCUT2D eigenvalue weighted by Gasteiger charge is 2.26. The number of morpholine rings is 1. The van der Waals surface area contributed by atoms with Gasteiger partial charge in [0.1, 0.15) is 0 Å². The first kappa shape index (κ1) is 18.3. The Morgan fingerprint density at radius 3 is 2.36 bits per heavy atom. The molecule has 0 aliphatic carbocycles. The molecule has 1 amide bonds. The van der Waals surface area contributed by atoms with E-state index in [2.05, 4.69) is 34.5 Å². The SMILES string of the molecule is NC(C(=O)NCc1ccc(CN2CCOCC2)cc1)C1CCOCC1. The zero-order valence-electron chi connectivity index (χ0n) is 14.8. The smallest absolute Gasteiger partial charge is 0.237 e. The number of ether oxygens (including phenoxy) is 2. The Kier molecular flexibility index (Phi) is 6.81. The van der Waals surface area contributed by atoms with E-state index >= 15 is 0 Å². The van der Waals surface area contributed by atoms with Gasteiger partial charge < -0.3 is 20.5 Å². The lowest BCUT2D eigenvalue weighted by atomic mass is 9.92. The molecule has 2 aliphatic heterocycles. The van der Waals surface area contributed by atoms with E-state index in [1.165, 1.54) is 5.56 Å². The topological polar surface area (TPSA) is 76.8 Å². The Balaban J connectivity index is 1.43. The normalized spacial score (nSPS) is 21.0. The summed E-state index contributed by atoms with van der Waals surface area (Å²) in [6, 6.07) is 7.99. The van der Waals surface area contributed by atoms with Gasteiger partial charge in [-0.1, -0.05) is 24.3 Å². The number of nitrogens with two attached hydrogens (primary N) is 1. The van der Waals surface area contributed by atoms with Crippen LogP contribution in [0.5, 0.6) is 0 Å². The van der Waals surface area contributed by atoms with Gasteiger partial charge in [-0.25, -0.2) is 0 Å². The Morgan fingerprint density at radius 1 is 1.08 bits per heavy atom.